The number of benzene rings is 1. The largest absolute Gasteiger partial charge is 0.344 e. The number of imidazole rings is 1. The van der Waals surface area contributed by atoms with Crippen molar-refractivity contribution < 1.29 is 8.78 Å². The topological polar surface area (TPSA) is 112 Å². The second-order valence-corrected chi connectivity index (χ2v) is 8.75. The zero-order chi connectivity index (χ0) is 24.9. The van der Waals surface area contributed by atoms with Gasteiger partial charge in [-0.05, 0) is 36.8 Å². The fourth-order valence-corrected chi connectivity index (χ4v) is 4.37. The molecule has 0 bridgehead atoms. The summed E-state index contributed by atoms with van der Waals surface area (Å²) >= 11 is 0. The summed E-state index contributed by atoms with van der Waals surface area (Å²) in [7, 11) is 0. The molecule has 36 heavy (non-hydrogen) atoms. The van der Waals surface area contributed by atoms with E-state index in [-0.39, 0.29) is 13.1 Å². The first-order valence-corrected chi connectivity index (χ1v) is 11.2. The summed E-state index contributed by atoms with van der Waals surface area (Å²) in [5.41, 5.74) is 6.23. The average molecular weight is 483 g/mol. The van der Waals surface area contributed by atoms with E-state index < -0.39 is 5.92 Å². The molecule has 1 N–H and O–H groups in total. The number of hydrogen-bond donors (Lipinski definition) is 1. The summed E-state index contributed by atoms with van der Waals surface area (Å²) in [5.74, 6) is -2.14. The second-order valence-electron chi connectivity index (χ2n) is 8.75. The molecule has 178 valence electrons. The Kier molecular flexibility index (Phi) is 4.96. The Hall–Kier alpha value is -4.72. The fourth-order valence-electron chi connectivity index (χ4n) is 4.37. The molecule has 0 saturated carbocycles. The van der Waals surface area contributed by atoms with Crippen LogP contribution in [0.3, 0.4) is 0 Å². The molecule has 5 aromatic rings. The Morgan fingerprint density at radius 1 is 1.08 bits per heavy atom. The molecule has 0 unspecified atom stereocenters. The van der Waals surface area contributed by atoms with Crippen molar-refractivity contribution in [2.24, 2.45) is 0 Å². The number of H-pyrrole nitrogens is 1. The summed E-state index contributed by atoms with van der Waals surface area (Å²) in [6.07, 6.45) is 3.36. The summed E-state index contributed by atoms with van der Waals surface area (Å²) in [6, 6.07) is 15.0. The number of nitriles is 1. The van der Waals surface area contributed by atoms with Crippen LogP contribution in [0.2, 0.25) is 0 Å². The van der Waals surface area contributed by atoms with Crippen LogP contribution in [-0.2, 0) is 6.54 Å². The first-order chi connectivity index (χ1) is 17.4. The summed E-state index contributed by atoms with van der Waals surface area (Å²) in [4.78, 5) is 18.2. The number of rotatable bonds is 5. The molecule has 1 aliphatic rings. The minimum Gasteiger partial charge on any atom is -0.344 e. The van der Waals surface area contributed by atoms with Gasteiger partial charge in [0.1, 0.15) is 17.0 Å². The smallest absolute Gasteiger partial charge is 0.282 e. The predicted molar refractivity (Wildman–Crippen MR) is 128 cm³/mol. The van der Waals surface area contributed by atoms with Crippen molar-refractivity contribution >= 4 is 17.0 Å². The number of pyridine rings is 2. The van der Waals surface area contributed by atoms with Crippen molar-refractivity contribution in [1.29, 1.82) is 5.26 Å². The van der Waals surface area contributed by atoms with Gasteiger partial charge in [0.05, 0.1) is 55.2 Å². The zero-order valence-corrected chi connectivity index (χ0v) is 19.2. The Morgan fingerprint density at radius 3 is 2.72 bits per heavy atom. The predicted octanol–water partition coefficient (Wildman–Crippen LogP) is 3.96. The minimum atomic E-state index is -2.66. The van der Waals surface area contributed by atoms with Gasteiger partial charge in [-0.1, -0.05) is 23.4 Å². The number of nitrogens with one attached hydrogen (secondary N) is 1. The third-order valence-corrected chi connectivity index (χ3v) is 6.22. The number of anilines is 1. The standard InChI is InChI=1S/C25H19F2N9/c1-15-16(9-28)4-2-6-18(15)20-8-19(23-24(32-20)30-14-29-23)21-11-36(34-33-21)10-17-5-3-7-22(31-17)35-12-25(26,27)13-35/h2-8,11,14H,10,12-13H2,1H3,(H,29,30,32). The molecule has 11 heteroatoms. The van der Waals surface area contributed by atoms with E-state index >= 15 is 0 Å². The third-order valence-electron chi connectivity index (χ3n) is 6.22. The first-order valence-electron chi connectivity index (χ1n) is 11.2. The van der Waals surface area contributed by atoms with E-state index in [2.05, 4.69) is 31.3 Å². The lowest BCUT2D eigenvalue weighted by molar-refractivity contribution is -0.0267. The van der Waals surface area contributed by atoms with Crippen molar-refractivity contribution in [3.63, 3.8) is 0 Å². The Bertz CT molecular complexity index is 1640. The van der Waals surface area contributed by atoms with Gasteiger partial charge in [0.25, 0.3) is 5.92 Å². The Labute approximate surface area is 204 Å². The van der Waals surface area contributed by atoms with Crippen LogP contribution < -0.4 is 4.90 Å². The average Bonchev–Trinajstić information content (AvgIpc) is 3.52. The van der Waals surface area contributed by atoms with E-state index in [0.717, 1.165) is 16.7 Å². The maximum absolute atomic E-state index is 13.3. The van der Waals surface area contributed by atoms with Gasteiger partial charge in [-0.25, -0.2) is 28.4 Å². The van der Waals surface area contributed by atoms with Crippen LogP contribution in [0.15, 0.2) is 55.0 Å². The van der Waals surface area contributed by atoms with Gasteiger partial charge in [0.2, 0.25) is 0 Å². The van der Waals surface area contributed by atoms with E-state index in [1.165, 1.54) is 0 Å². The molecule has 5 heterocycles. The van der Waals surface area contributed by atoms with E-state index in [4.69, 9.17) is 4.98 Å². The van der Waals surface area contributed by atoms with Crippen molar-refractivity contribution in [1.82, 2.24) is 34.9 Å². The van der Waals surface area contributed by atoms with Crippen molar-refractivity contribution in [2.75, 3.05) is 18.0 Å². The lowest BCUT2D eigenvalue weighted by Gasteiger charge is -2.39. The summed E-state index contributed by atoms with van der Waals surface area (Å²) in [6.45, 7) is 1.58. The minimum absolute atomic E-state index is 0.322. The van der Waals surface area contributed by atoms with E-state index in [1.807, 2.05) is 31.2 Å². The highest BCUT2D eigenvalue weighted by atomic mass is 19.3. The molecule has 0 aliphatic carbocycles. The maximum Gasteiger partial charge on any atom is 0.282 e. The van der Waals surface area contributed by atoms with E-state index in [1.54, 1.807) is 40.3 Å². The number of fused-ring (bicyclic) bond motifs is 1. The van der Waals surface area contributed by atoms with E-state index in [9.17, 15) is 14.0 Å². The molecule has 1 aliphatic heterocycles. The van der Waals surface area contributed by atoms with Crippen molar-refractivity contribution in [2.45, 2.75) is 19.4 Å². The highest BCUT2D eigenvalue weighted by Crippen LogP contribution is 2.32. The van der Waals surface area contributed by atoms with Gasteiger partial charge in [-0.3, -0.25) is 0 Å². The van der Waals surface area contributed by atoms with Crippen LogP contribution in [-0.4, -0.2) is 53.9 Å². The van der Waals surface area contributed by atoms with Crippen LogP contribution in [0.4, 0.5) is 14.6 Å². The molecule has 1 saturated heterocycles. The molecule has 0 radical (unpaired) electrons. The highest BCUT2D eigenvalue weighted by molar-refractivity contribution is 5.91. The number of hydrogen-bond acceptors (Lipinski definition) is 7. The number of aromatic nitrogens is 7. The second kappa shape index (κ2) is 8.20. The lowest BCUT2D eigenvalue weighted by atomic mass is 9.99. The highest BCUT2D eigenvalue weighted by Gasteiger charge is 2.44. The van der Waals surface area contributed by atoms with Crippen LogP contribution in [0.1, 0.15) is 16.8 Å². The molecule has 1 aromatic carbocycles. The van der Waals surface area contributed by atoms with Gasteiger partial charge in [-0.2, -0.15) is 5.26 Å². The Balaban J connectivity index is 1.32. The zero-order valence-electron chi connectivity index (χ0n) is 19.2. The van der Waals surface area contributed by atoms with Crippen molar-refractivity contribution in [3.8, 4) is 28.6 Å². The number of nitrogens with zero attached hydrogens (tertiary/aromatic N) is 8. The summed E-state index contributed by atoms with van der Waals surface area (Å²) < 4.78 is 28.1. The van der Waals surface area contributed by atoms with Gasteiger partial charge < -0.3 is 9.88 Å². The monoisotopic (exact) mass is 483 g/mol. The van der Waals surface area contributed by atoms with Gasteiger partial charge in [0, 0.05) is 11.1 Å². The molecule has 0 atom stereocenters. The van der Waals surface area contributed by atoms with Crippen molar-refractivity contribution in [3.05, 3.63) is 71.8 Å². The quantitative estimate of drug-likeness (QED) is 0.403. The number of alkyl halides is 2. The van der Waals surface area contributed by atoms with Crippen LogP contribution >= 0.6 is 0 Å². The first kappa shape index (κ1) is 21.8. The maximum atomic E-state index is 13.3. The Morgan fingerprint density at radius 2 is 1.92 bits per heavy atom. The SMILES string of the molecule is Cc1c(C#N)cccc1-c1cc(-c2cn(Cc3cccc(N4CC(F)(F)C4)n3)nn2)c2nc[nH]c2n1. The molecule has 6 rings (SSSR count). The molecule has 9 nitrogen and oxygen atoms in total. The molecule has 0 spiro atoms. The molecule has 0 amide bonds. The van der Waals surface area contributed by atoms with Crippen LogP contribution in [0.25, 0.3) is 33.7 Å². The van der Waals surface area contributed by atoms with Gasteiger partial charge in [0.15, 0.2) is 5.65 Å². The fraction of sp³-hybridized carbons (Fsp3) is 0.200. The summed E-state index contributed by atoms with van der Waals surface area (Å²) in [5, 5.41) is 18.0. The molecular weight excluding hydrogens is 464 g/mol. The van der Waals surface area contributed by atoms with E-state index in [0.29, 0.717) is 46.2 Å². The number of halogens is 2. The third kappa shape index (κ3) is 3.82. The number of aromatic amines is 1. The molecule has 4 aromatic heterocycles. The lowest BCUT2D eigenvalue weighted by Crippen LogP contribution is -2.56. The van der Waals surface area contributed by atoms with Crippen LogP contribution in [0.5, 0.6) is 0 Å². The van der Waals surface area contributed by atoms with Gasteiger partial charge in [-0.15, -0.1) is 5.10 Å². The molecule has 1 fully saturated rings. The normalized spacial score (nSPS) is 14.6. The van der Waals surface area contributed by atoms with Crippen LogP contribution in [0, 0.1) is 18.3 Å². The van der Waals surface area contributed by atoms with Gasteiger partial charge >= 0.3 is 0 Å². The molecular formula is C25H19F2N9.